The van der Waals surface area contributed by atoms with E-state index in [1.807, 2.05) is 0 Å². The minimum Gasteiger partial charge on any atom is -0.468 e. The summed E-state index contributed by atoms with van der Waals surface area (Å²) in [5.74, 6) is 4.56. The smallest absolute Gasteiger partial charge is 0.324 e. The molecule has 0 amide bonds. The van der Waals surface area contributed by atoms with Gasteiger partial charge in [-0.2, -0.15) is 0 Å². The molecule has 1 aliphatic heterocycles. The van der Waals surface area contributed by atoms with Crippen LogP contribution in [0.2, 0.25) is 0 Å². The Hall–Kier alpha value is -0.850. The van der Waals surface area contributed by atoms with Crippen molar-refractivity contribution in [3.8, 4) is 0 Å². The molecule has 0 spiro atoms. The highest BCUT2D eigenvalue weighted by atomic mass is 35.5. The van der Waals surface area contributed by atoms with Gasteiger partial charge in [0.1, 0.15) is 11.6 Å². The number of hydrogen-bond acceptors (Lipinski definition) is 6. The Kier molecular flexibility index (Phi) is 6.06. The Bertz CT molecular complexity index is 317. The lowest BCUT2D eigenvalue weighted by Crippen LogP contribution is -2.41. The number of methoxy groups -OCH3 is 1. The van der Waals surface area contributed by atoms with Gasteiger partial charge in [0.15, 0.2) is 0 Å². The molecule has 18 heavy (non-hydrogen) atoms. The predicted octanol–water partition coefficient (Wildman–Crippen LogP) is 0.487. The van der Waals surface area contributed by atoms with Crippen LogP contribution >= 0.6 is 12.4 Å². The normalized spacial score (nSPS) is 24.3. The van der Waals surface area contributed by atoms with Crippen molar-refractivity contribution in [2.45, 2.75) is 38.8 Å². The highest BCUT2D eigenvalue weighted by Crippen LogP contribution is 2.24. The Balaban J connectivity index is 0.00000289. The van der Waals surface area contributed by atoms with Gasteiger partial charge in [0, 0.05) is 6.54 Å². The van der Waals surface area contributed by atoms with Crippen LogP contribution in [0.4, 0.5) is 0 Å². The van der Waals surface area contributed by atoms with Gasteiger partial charge >= 0.3 is 11.9 Å². The molecule has 0 aromatic carbocycles. The molecule has 0 aromatic heterocycles. The monoisotopic (exact) mass is 280 g/mol. The zero-order valence-corrected chi connectivity index (χ0v) is 12.0. The van der Waals surface area contributed by atoms with Crippen LogP contribution in [0.5, 0.6) is 0 Å². The summed E-state index contributed by atoms with van der Waals surface area (Å²) in [6, 6.07) is -0.558. The average molecular weight is 281 g/mol. The molecule has 0 aliphatic carbocycles. The molecule has 0 bridgehead atoms. The molecular formula is C11H21ClN2O4. The van der Waals surface area contributed by atoms with Gasteiger partial charge in [0.2, 0.25) is 0 Å². The van der Waals surface area contributed by atoms with Crippen LogP contribution in [0.15, 0.2) is 0 Å². The van der Waals surface area contributed by atoms with Crippen LogP contribution in [0.25, 0.3) is 0 Å². The summed E-state index contributed by atoms with van der Waals surface area (Å²) >= 11 is 0. The maximum absolute atomic E-state index is 11.8. The molecule has 1 aliphatic rings. The number of hydrogen-bond donors (Lipinski definition) is 1. The molecule has 106 valence electrons. The van der Waals surface area contributed by atoms with E-state index in [0.717, 1.165) is 0 Å². The predicted molar refractivity (Wildman–Crippen MR) is 67.9 cm³/mol. The van der Waals surface area contributed by atoms with Crippen molar-refractivity contribution in [2.75, 3.05) is 13.7 Å². The molecule has 6 nitrogen and oxygen atoms in total. The molecule has 1 rings (SSSR count). The molecule has 1 saturated heterocycles. The highest BCUT2D eigenvalue weighted by Gasteiger charge is 2.40. The van der Waals surface area contributed by atoms with Crippen LogP contribution in [0.1, 0.15) is 27.2 Å². The van der Waals surface area contributed by atoms with Gasteiger partial charge in [-0.25, -0.2) is 5.01 Å². The van der Waals surface area contributed by atoms with Crippen LogP contribution in [0, 0.1) is 5.92 Å². The van der Waals surface area contributed by atoms with E-state index in [0.29, 0.717) is 13.0 Å². The third kappa shape index (κ3) is 4.44. The lowest BCUT2D eigenvalue weighted by atomic mass is 10.1. The first-order valence-electron chi connectivity index (χ1n) is 5.56. The summed E-state index contributed by atoms with van der Waals surface area (Å²) in [6.07, 6.45) is 0.345. The molecule has 2 N–H and O–H groups in total. The molecule has 1 heterocycles. The fourth-order valence-corrected chi connectivity index (χ4v) is 1.78. The molecule has 2 unspecified atom stereocenters. The van der Waals surface area contributed by atoms with Crippen molar-refractivity contribution < 1.29 is 19.1 Å². The molecule has 1 fully saturated rings. The third-order valence-corrected chi connectivity index (χ3v) is 2.55. The number of carbonyl (C=O) groups excluding carboxylic acids is 2. The van der Waals surface area contributed by atoms with Crippen LogP contribution in [-0.2, 0) is 19.1 Å². The number of hydrazine groups is 1. The van der Waals surface area contributed by atoms with Gasteiger partial charge in [-0.3, -0.25) is 15.4 Å². The van der Waals surface area contributed by atoms with Crippen molar-refractivity contribution in [1.82, 2.24) is 5.01 Å². The summed E-state index contributed by atoms with van der Waals surface area (Å²) in [5.41, 5.74) is -0.528. The average Bonchev–Trinajstić information content (AvgIpc) is 2.57. The van der Waals surface area contributed by atoms with Gasteiger partial charge in [0.05, 0.1) is 13.0 Å². The summed E-state index contributed by atoms with van der Waals surface area (Å²) in [6.45, 7) is 5.72. The quantitative estimate of drug-likeness (QED) is 0.585. The van der Waals surface area contributed by atoms with Crippen molar-refractivity contribution >= 4 is 24.3 Å². The summed E-state index contributed by atoms with van der Waals surface area (Å²) < 4.78 is 9.88. The standard InChI is InChI=1S/C11H20N2O4.ClH/c1-11(2,3)17-9(14)7-5-8(10(15)16-4)13(12)6-7;/h7-8H,5-6,12H2,1-4H3;1H. The first-order valence-corrected chi connectivity index (χ1v) is 5.56. The molecule has 2 atom stereocenters. The Morgan fingerprint density at radius 1 is 1.28 bits per heavy atom. The molecule has 7 heteroatoms. The Labute approximate surface area is 113 Å². The number of carbonyl (C=O) groups is 2. The van der Waals surface area contributed by atoms with E-state index in [4.69, 9.17) is 10.6 Å². The maximum atomic E-state index is 11.8. The lowest BCUT2D eigenvalue weighted by Gasteiger charge is -2.21. The summed E-state index contributed by atoms with van der Waals surface area (Å²) in [5, 5.41) is 1.33. The largest absolute Gasteiger partial charge is 0.468 e. The third-order valence-electron chi connectivity index (χ3n) is 2.55. The molecule has 0 radical (unpaired) electrons. The number of nitrogens with two attached hydrogens (primary N) is 1. The SMILES string of the molecule is COC(=O)C1CC(C(=O)OC(C)(C)C)CN1N.Cl. The second-order valence-electron chi connectivity index (χ2n) is 5.20. The number of halogens is 1. The Morgan fingerprint density at radius 3 is 2.28 bits per heavy atom. The number of esters is 2. The topological polar surface area (TPSA) is 81.9 Å². The molecule has 0 saturated carbocycles. The van der Waals surface area contributed by atoms with Crippen molar-refractivity contribution in [3.63, 3.8) is 0 Å². The zero-order chi connectivity index (χ0) is 13.2. The van der Waals surface area contributed by atoms with E-state index < -0.39 is 17.6 Å². The Morgan fingerprint density at radius 2 is 1.83 bits per heavy atom. The van der Waals surface area contributed by atoms with Gasteiger partial charge in [-0.15, -0.1) is 12.4 Å². The molecule has 0 aromatic rings. The second-order valence-corrected chi connectivity index (χ2v) is 5.20. The van der Waals surface area contributed by atoms with Gasteiger partial charge in [-0.1, -0.05) is 0 Å². The fourth-order valence-electron chi connectivity index (χ4n) is 1.78. The second kappa shape index (κ2) is 6.36. The zero-order valence-electron chi connectivity index (χ0n) is 11.1. The van der Waals surface area contributed by atoms with Gasteiger partial charge in [0.25, 0.3) is 0 Å². The minimum atomic E-state index is -0.558. The van der Waals surface area contributed by atoms with Crippen LogP contribution in [0.3, 0.4) is 0 Å². The highest BCUT2D eigenvalue weighted by molar-refractivity contribution is 5.85. The summed E-state index contributed by atoms with van der Waals surface area (Å²) in [4.78, 5) is 23.2. The van der Waals surface area contributed by atoms with E-state index in [1.165, 1.54) is 12.1 Å². The van der Waals surface area contributed by atoms with Crippen LogP contribution < -0.4 is 5.84 Å². The first kappa shape index (κ1) is 17.2. The minimum absolute atomic E-state index is 0. The number of nitrogens with zero attached hydrogens (tertiary/aromatic N) is 1. The van der Waals surface area contributed by atoms with Crippen molar-refractivity contribution in [3.05, 3.63) is 0 Å². The van der Waals surface area contributed by atoms with Gasteiger partial charge in [-0.05, 0) is 27.2 Å². The number of rotatable bonds is 2. The fraction of sp³-hybridized carbons (Fsp3) is 0.818. The first-order chi connectivity index (χ1) is 7.74. The maximum Gasteiger partial charge on any atom is 0.324 e. The van der Waals surface area contributed by atoms with Crippen LogP contribution in [-0.4, -0.2) is 42.2 Å². The van der Waals surface area contributed by atoms with E-state index in [9.17, 15) is 9.59 Å². The summed E-state index contributed by atoms with van der Waals surface area (Å²) in [7, 11) is 1.30. The van der Waals surface area contributed by atoms with E-state index in [2.05, 4.69) is 4.74 Å². The van der Waals surface area contributed by atoms with Crippen molar-refractivity contribution in [1.29, 1.82) is 0 Å². The molecular weight excluding hydrogens is 260 g/mol. The van der Waals surface area contributed by atoms with E-state index >= 15 is 0 Å². The number of ether oxygens (including phenoxy) is 2. The lowest BCUT2D eigenvalue weighted by molar-refractivity contribution is -0.159. The van der Waals surface area contributed by atoms with Gasteiger partial charge < -0.3 is 9.47 Å². The van der Waals surface area contributed by atoms with E-state index in [-0.39, 0.29) is 24.3 Å². The van der Waals surface area contributed by atoms with E-state index in [1.54, 1.807) is 20.8 Å². The van der Waals surface area contributed by atoms with Crippen molar-refractivity contribution in [2.24, 2.45) is 11.8 Å².